The van der Waals surface area contributed by atoms with Crippen LogP contribution in [-0.4, -0.2) is 11.8 Å². The smallest absolute Gasteiger partial charge is 0.126 e. The van der Waals surface area contributed by atoms with Gasteiger partial charge < -0.3 is 5.73 Å². The van der Waals surface area contributed by atoms with Gasteiger partial charge >= 0.3 is 0 Å². The molecule has 19 heavy (non-hydrogen) atoms. The van der Waals surface area contributed by atoms with Crippen LogP contribution in [0.5, 0.6) is 0 Å². The highest BCUT2D eigenvalue weighted by molar-refractivity contribution is 7.99. The summed E-state index contributed by atoms with van der Waals surface area (Å²) in [5.74, 6) is 0.500. The minimum Gasteiger partial charge on any atom is -0.327 e. The second-order valence-corrected chi connectivity index (χ2v) is 5.85. The van der Waals surface area contributed by atoms with E-state index >= 15 is 0 Å². The molecule has 0 aliphatic carbocycles. The van der Waals surface area contributed by atoms with Crippen molar-refractivity contribution in [3.63, 3.8) is 0 Å². The molecule has 0 aliphatic rings. The molecule has 0 saturated heterocycles. The Labute approximate surface area is 122 Å². The highest BCUT2D eigenvalue weighted by Gasteiger charge is 2.09. The van der Waals surface area contributed by atoms with E-state index < -0.39 is 0 Å². The zero-order valence-corrected chi connectivity index (χ0v) is 11.9. The van der Waals surface area contributed by atoms with Crippen LogP contribution in [0.3, 0.4) is 0 Å². The minimum absolute atomic E-state index is 0.0989. The predicted octanol–water partition coefficient (Wildman–Crippen LogP) is 4.14. The summed E-state index contributed by atoms with van der Waals surface area (Å²) >= 11 is 7.54. The molecule has 0 amide bonds. The molecule has 0 bridgehead atoms. The monoisotopic (exact) mass is 295 g/mol. The highest BCUT2D eigenvalue weighted by atomic mass is 35.5. The number of hydrogen-bond donors (Lipinski definition) is 1. The Morgan fingerprint density at radius 1 is 1.16 bits per heavy atom. The van der Waals surface area contributed by atoms with Crippen LogP contribution in [-0.2, 0) is 6.42 Å². The first kappa shape index (κ1) is 14.4. The Bertz CT molecular complexity index is 533. The molecule has 1 unspecified atom stereocenters. The number of nitrogens with two attached hydrogens (primary N) is 1. The summed E-state index contributed by atoms with van der Waals surface area (Å²) in [5.41, 5.74) is 6.62. The second kappa shape index (κ2) is 6.94. The molecule has 2 aromatic carbocycles. The van der Waals surface area contributed by atoms with Gasteiger partial charge in [0.1, 0.15) is 5.82 Å². The van der Waals surface area contributed by atoms with Gasteiger partial charge in [0.25, 0.3) is 0 Å². The molecule has 2 aromatic rings. The fraction of sp³-hybridized carbons (Fsp3) is 0.200. The van der Waals surface area contributed by atoms with Crippen LogP contribution in [0.1, 0.15) is 5.56 Å². The molecule has 2 rings (SSSR count). The fourth-order valence-electron chi connectivity index (χ4n) is 1.76. The van der Waals surface area contributed by atoms with Gasteiger partial charge in [0.15, 0.2) is 0 Å². The van der Waals surface area contributed by atoms with E-state index in [9.17, 15) is 4.39 Å². The summed E-state index contributed by atoms with van der Waals surface area (Å²) in [6, 6.07) is 14.5. The summed E-state index contributed by atoms with van der Waals surface area (Å²) in [6.45, 7) is 0. The van der Waals surface area contributed by atoms with Crippen LogP contribution >= 0.6 is 23.4 Å². The van der Waals surface area contributed by atoms with E-state index in [1.54, 1.807) is 23.9 Å². The Morgan fingerprint density at radius 2 is 1.89 bits per heavy atom. The quantitative estimate of drug-likeness (QED) is 0.839. The summed E-state index contributed by atoms with van der Waals surface area (Å²) in [5, 5.41) is 0.541. The third-order valence-corrected chi connectivity index (χ3v) is 4.13. The average molecular weight is 296 g/mol. The molecule has 0 radical (unpaired) electrons. The first-order valence-corrected chi connectivity index (χ1v) is 7.39. The van der Waals surface area contributed by atoms with Gasteiger partial charge in [-0.25, -0.2) is 4.39 Å². The van der Waals surface area contributed by atoms with Crippen molar-refractivity contribution in [3.8, 4) is 0 Å². The van der Waals surface area contributed by atoms with E-state index in [2.05, 4.69) is 0 Å². The third-order valence-electron chi connectivity index (χ3n) is 2.70. The Morgan fingerprint density at radius 3 is 2.63 bits per heavy atom. The SMILES string of the molecule is NC(CSc1ccccc1)Cc1cc(Cl)ccc1F. The maximum absolute atomic E-state index is 13.6. The number of rotatable bonds is 5. The van der Waals surface area contributed by atoms with Crippen molar-refractivity contribution >= 4 is 23.4 Å². The zero-order valence-electron chi connectivity index (χ0n) is 10.4. The summed E-state index contributed by atoms with van der Waals surface area (Å²) < 4.78 is 13.6. The molecule has 0 saturated carbocycles. The Kier molecular flexibility index (Phi) is 5.25. The number of halogens is 2. The summed E-state index contributed by atoms with van der Waals surface area (Å²) in [7, 11) is 0. The molecule has 0 heterocycles. The largest absolute Gasteiger partial charge is 0.327 e. The van der Waals surface area contributed by atoms with Crippen molar-refractivity contribution in [2.75, 3.05) is 5.75 Å². The van der Waals surface area contributed by atoms with Crippen LogP contribution in [0, 0.1) is 5.82 Å². The number of thioether (sulfide) groups is 1. The van der Waals surface area contributed by atoms with Crippen molar-refractivity contribution in [3.05, 3.63) is 64.9 Å². The van der Waals surface area contributed by atoms with Crippen LogP contribution in [0.4, 0.5) is 4.39 Å². The molecule has 4 heteroatoms. The van der Waals surface area contributed by atoms with Crippen LogP contribution in [0.15, 0.2) is 53.4 Å². The van der Waals surface area contributed by atoms with Crippen LogP contribution in [0.25, 0.3) is 0 Å². The third kappa shape index (κ3) is 4.53. The maximum Gasteiger partial charge on any atom is 0.126 e. The predicted molar refractivity (Wildman–Crippen MR) is 80.3 cm³/mol. The molecule has 0 aromatic heterocycles. The van der Waals surface area contributed by atoms with E-state index in [0.29, 0.717) is 17.0 Å². The van der Waals surface area contributed by atoms with E-state index in [1.807, 2.05) is 30.3 Å². The van der Waals surface area contributed by atoms with Crippen molar-refractivity contribution in [2.45, 2.75) is 17.4 Å². The van der Waals surface area contributed by atoms with Crippen LogP contribution in [0.2, 0.25) is 5.02 Å². The second-order valence-electron chi connectivity index (χ2n) is 4.32. The molecule has 100 valence electrons. The summed E-state index contributed by atoms with van der Waals surface area (Å²) in [6.07, 6.45) is 0.492. The minimum atomic E-state index is -0.246. The first-order chi connectivity index (χ1) is 9.15. The molecule has 0 fully saturated rings. The van der Waals surface area contributed by atoms with Crippen molar-refractivity contribution in [1.29, 1.82) is 0 Å². The van der Waals surface area contributed by atoms with Crippen LogP contribution < -0.4 is 5.73 Å². The molecular formula is C15H15ClFNS. The lowest BCUT2D eigenvalue weighted by Gasteiger charge is -2.12. The molecule has 1 atom stereocenters. The number of benzene rings is 2. The topological polar surface area (TPSA) is 26.0 Å². The van der Waals surface area contributed by atoms with Gasteiger partial charge in [-0.15, -0.1) is 11.8 Å². The molecule has 1 nitrogen and oxygen atoms in total. The fourth-order valence-corrected chi connectivity index (χ4v) is 2.83. The Hall–Kier alpha value is -1.03. The first-order valence-electron chi connectivity index (χ1n) is 6.02. The maximum atomic E-state index is 13.6. The van der Waals surface area contributed by atoms with E-state index in [1.165, 1.54) is 11.0 Å². The van der Waals surface area contributed by atoms with Crippen molar-refractivity contribution < 1.29 is 4.39 Å². The van der Waals surface area contributed by atoms with Gasteiger partial charge in [0.05, 0.1) is 0 Å². The average Bonchev–Trinajstić information content (AvgIpc) is 2.42. The molecule has 0 spiro atoms. The van der Waals surface area contributed by atoms with Gasteiger partial charge in [-0.2, -0.15) is 0 Å². The van der Waals surface area contributed by atoms with E-state index in [-0.39, 0.29) is 11.9 Å². The molecular weight excluding hydrogens is 281 g/mol. The summed E-state index contributed by atoms with van der Waals surface area (Å²) in [4.78, 5) is 1.17. The molecule has 0 aliphatic heterocycles. The molecule has 2 N–H and O–H groups in total. The lowest BCUT2D eigenvalue weighted by molar-refractivity contribution is 0.597. The zero-order chi connectivity index (χ0) is 13.7. The van der Waals surface area contributed by atoms with Gasteiger partial charge in [-0.1, -0.05) is 29.8 Å². The highest BCUT2D eigenvalue weighted by Crippen LogP contribution is 2.20. The van der Waals surface area contributed by atoms with Gasteiger partial charge in [0, 0.05) is 21.7 Å². The van der Waals surface area contributed by atoms with E-state index in [0.717, 1.165) is 5.75 Å². The van der Waals surface area contributed by atoms with Crippen molar-refractivity contribution in [1.82, 2.24) is 0 Å². The Balaban J connectivity index is 1.90. The normalized spacial score (nSPS) is 12.4. The van der Waals surface area contributed by atoms with Gasteiger partial charge in [-0.05, 0) is 42.3 Å². The lowest BCUT2D eigenvalue weighted by atomic mass is 10.1. The van der Waals surface area contributed by atoms with Crippen molar-refractivity contribution in [2.24, 2.45) is 5.73 Å². The van der Waals surface area contributed by atoms with Gasteiger partial charge in [-0.3, -0.25) is 0 Å². The van der Waals surface area contributed by atoms with E-state index in [4.69, 9.17) is 17.3 Å². The standard InChI is InChI=1S/C15H15ClFNS/c16-12-6-7-15(17)11(8-12)9-13(18)10-19-14-4-2-1-3-5-14/h1-8,13H,9-10,18H2. The number of hydrogen-bond acceptors (Lipinski definition) is 2. The lowest BCUT2D eigenvalue weighted by Crippen LogP contribution is -2.26. The van der Waals surface area contributed by atoms with Gasteiger partial charge in [0.2, 0.25) is 0 Å².